The van der Waals surface area contributed by atoms with Crippen LogP contribution >= 0.6 is 11.6 Å². The SMILES string of the molecule is COc1ccc2cc(C#N)c(Nc3ccc(F)c(Cl)c3)nc2c1. The molecule has 0 unspecified atom stereocenters. The molecule has 0 atom stereocenters. The Balaban J connectivity index is 2.07. The van der Waals surface area contributed by atoms with Gasteiger partial charge in [-0.15, -0.1) is 0 Å². The summed E-state index contributed by atoms with van der Waals surface area (Å²) in [6.45, 7) is 0. The van der Waals surface area contributed by atoms with Crippen molar-refractivity contribution in [1.82, 2.24) is 4.98 Å². The molecule has 0 amide bonds. The third-order valence-corrected chi connectivity index (χ3v) is 3.62. The Hall–Kier alpha value is -2.84. The Morgan fingerprint density at radius 2 is 2.04 bits per heavy atom. The zero-order chi connectivity index (χ0) is 16.4. The van der Waals surface area contributed by atoms with Crippen molar-refractivity contribution in [1.29, 1.82) is 5.26 Å². The number of nitrogens with zero attached hydrogens (tertiary/aromatic N) is 2. The number of hydrogen-bond donors (Lipinski definition) is 1. The first-order valence-corrected chi connectivity index (χ1v) is 7.09. The van der Waals surface area contributed by atoms with Crippen molar-refractivity contribution >= 4 is 34.0 Å². The lowest BCUT2D eigenvalue weighted by Gasteiger charge is -2.10. The summed E-state index contributed by atoms with van der Waals surface area (Å²) in [5, 5.41) is 13.1. The molecule has 0 aliphatic carbocycles. The normalized spacial score (nSPS) is 10.3. The summed E-state index contributed by atoms with van der Waals surface area (Å²) < 4.78 is 18.4. The molecule has 1 N–H and O–H groups in total. The summed E-state index contributed by atoms with van der Waals surface area (Å²) in [7, 11) is 1.57. The van der Waals surface area contributed by atoms with E-state index in [-0.39, 0.29) is 5.02 Å². The van der Waals surface area contributed by atoms with E-state index in [0.717, 1.165) is 5.39 Å². The van der Waals surface area contributed by atoms with Crippen LogP contribution in [0.2, 0.25) is 5.02 Å². The molecule has 0 radical (unpaired) electrons. The molecule has 3 rings (SSSR count). The predicted molar refractivity (Wildman–Crippen MR) is 87.7 cm³/mol. The molecule has 23 heavy (non-hydrogen) atoms. The highest BCUT2D eigenvalue weighted by atomic mass is 35.5. The highest BCUT2D eigenvalue weighted by Gasteiger charge is 2.09. The fraction of sp³-hybridized carbons (Fsp3) is 0.0588. The number of benzene rings is 2. The van der Waals surface area contributed by atoms with Crippen molar-refractivity contribution in [2.24, 2.45) is 0 Å². The molecule has 0 saturated carbocycles. The molecular weight excluding hydrogens is 317 g/mol. The highest BCUT2D eigenvalue weighted by Crippen LogP contribution is 2.27. The van der Waals surface area contributed by atoms with Gasteiger partial charge in [-0.25, -0.2) is 9.37 Å². The smallest absolute Gasteiger partial charge is 0.149 e. The van der Waals surface area contributed by atoms with Crippen LogP contribution in [0.5, 0.6) is 5.75 Å². The van der Waals surface area contributed by atoms with E-state index in [2.05, 4.69) is 16.4 Å². The van der Waals surface area contributed by atoms with Crippen molar-refractivity contribution in [2.75, 3.05) is 12.4 Å². The van der Waals surface area contributed by atoms with E-state index in [1.54, 1.807) is 25.3 Å². The first-order chi connectivity index (χ1) is 11.1. The van der Waals surface area contributed by atoms with Gasteiger partial charge >= 0.3 is 0 Å². The average molecular weight is 328 g/mol. The largest absolute Gasteiger partial charge is 0.497 e. The molecule has 0 bridgehead atoms. The Kier molecular flexibility index (Phi) is 4.00. The first kappa shape index (κ1) is 15.1. The Labute approximate surface area is 137 Å². The van der Waals surface area contributed by atoms with Gasteiger partial charge in [0.1, 0.15) is 23.5 Å². The highest BCUT2D eigenvalue weighted by molar-refractivity contribution is 6.31. The minimum Gasteiger partial charge on any atom is -0.497 e. The molecule has 1 heterocycles. The van der Waals surface area contributed by atoms with Crippen molar-refractivity contribution in [3.05, 3.63) is 58.9 Å². The van der Waals surface area contributed by atoms with E-state index in [0.29, 0.717) is 28.3 Å². The summed E-state index contributed by atoms with van der Waals surface area (Å²) >= 11 is 5.77. The molecule has 0 saturated heterocycles. The lowest BCUT2D eigenvalue weighted by Crippen LogP contribution is -1.98. The average Bonchev–Trinajstić information content (AvgIpc) is 2.57. The minimum absolute atomic E-state index is 0.00374. The molecule has 0 fully saturated rings. The molecule has 3 aromatic rings. The monoisotopic (exact) mass is 327 g/mol. The number of nitriles is 1. The number of hydrogen-bond acceptors (Lipinski definition) is 4. The topological polar surface area (TPSA) is 57.9 Å². The van der Waals surface area contributed by atoms with Crippen LogP contribution in [0.1, 0.15) is 5.56 Å². The van der Waals surface area contributed by atoms with Crippen LogP contribution in [-0.2, 0) is 0 Å². The molecule has 114 valence electrons. The van der Waals surface area contributed by atoms with Crippen molar-refractivity contribution in [3.8, 4) is 11.8 Å². The van der Waals surface area contributed by atoms with E-state index in [4.69, 9.17) is 16.3 Å². The number of fused-ring (bicyclic) bond motifs is 1. The van der Waals surface area contributed by atoms with Gasteiger partial charge in [-0.1, -0.05) is 11.6 Å². The summed E-state index contributed by atoms with van der Waals surface area (Å²) in [4.78, 5) is 4.45. The second kappa shape index (κ2) is 6.11. The zero-order valence-corrected chi connectivity index (χ0v) is 12.9. The van der Waals surface area contributed by atoms with Crippen LogP contribution in [-0.4, -0.2) is 12.1 Å². The molecule has 4 nitrogen and oxygen atoms in total. The van der Waals surface area contributed by atoms with E-state index < -0.39 is 5.82 Å². The molecule has 2 aromatic carbocycles. The van der Waals surface area contributed by atoms with Crippen LogP contribution in [0.25, 0.3) is 10.9 Å². The quantitative estimate of drug-likeness (QED) is 0.760. The summed E-state index contributed by atoms with van der Waals surface area (Å²) in [6.07, 6.45) is 0. The molecule has 6 heteroatoms. The molecule has 0 aliphatic rings. The third-order valence-electron chi connectivity index (χ3n) is 3.33. The number of anilines is 2. The van der Waals surface area contributed by atoms with Crippen molar-refractivity contribution in [2.45, 2.75) is 0 Å². The summed E-state index contributed by atoms with van der Waals surface area (Å²) in [5.41, 5.74) is 1.60. The minimum atomic E-state index is -0.506. The van der Waals surface area contributed by atoms with Crippen LogP contribution in [0.4, 0.5) is 15.9 Å². The fourth-order valence-corrected chi connectivity index (χ4v) is 2.35. The number of halogens is 2. The van der Waals surface area contributed by atoms with Gasteiger partial charge < -0.3 is 10.1 Å². The summed E-state index contributed by atoms with van der Waals surface area (Å²) in [6, 6.07) is 13.5. The van der Waals surface area contributed by atoms with E-state index in [1.165, 1.54) is 18.2 Å². The maximum absolute atomic E-state index is 13.2. The molecule has 0 aliphatic heterocycles. The number of ether oxygens (including phenoxy) is 1. The number of aromatic nitrogens is 1. The number of nitrogens with one attached hydrogen (secondary N) is 1. The zero-order valence-electron chi connectivity index (χ0n) is 12.1. The maximum Gasteiger partial charge on any atom is 0.149 e. The Bertz CT molecular complexity index is 937. The number of rotatable bonds is 3. The Morgan fingerprint density at radius 1 is 1.22 bits per heavy atom. The lowest BCUT2D eigenvalue weighted by atomic mass is 10.1. The van der Waals surface area contributed by atoms with Gasteiger partial charge in [0.25, 0.3) is 0 Å². The number of methoxy groups -OCH3 is 1. The second-order valence-electron chi connectivity index (χ2n) is 4.81. The van der Waals surface area contributed by atoms with Crippen molar-refractivity contribution < 1.29 is 9.13 Å². The van der Waals surface area contributed by atoms with Crippen LogP contribution in [0.3, 0.4) is 0 Å². The van der Waals surface area contributed by atoms with Gasteiger partial charge in [0.15, 0.2) is 0 Å². The van der Waals surface area contributed by atoms with E-state index in [9.17, 15) is 9.65 Å². The predicted octanol–water partition coefficient (Wildman–Crippen LogP) is 4.65. The lowest BCUT2D eigenvalue weighted by molar-refractivity contribution is 0.415. The van der Waals surface area contributed by atoms with Gasteiger partial charge in [-0.3, -0.25) is 0 Å². The van der Waals surface area contributed by atoms with E-state index in [1.807, 2.05) is 6.07 Å². The first-order valence-electron chi connectivity index (χ1n) is 6.71. The second-order valence-corrected chi connectivity index (χ2v) is 5.22. The maximum atomic E-state index is 13.2. The van der Waals surface area contributed by atoms with Gasteiger partial charge in [0, 0.05) is 17.1 Å². The number of pyridine rings is 1. The van der Waals surface area contributed by atoms with Gasteiger partial charge in [-0.2, -0.15) is 5.26 Å². The van der Waals surface area contributed by atoms with Crippen LogP contribution in [0.15, 0.2) is 42.5 Å². The Morgan fingerprint density at radius 3 is 2.74 bits per heavy atom. The van der Waals surface area contributed by atoms with Gasteiger partial charge in [0.05, 0.1) is 23.2 Å². The molecule has 0 spiro atoms. The van der Waals surface area contributed by atoms with Crippen LogP contribution in [0, 0.1) is 17.1 Å². The van der Waals surface area contributed by atoms with Crippen molar-refractivity contribution in [3.63, 3.8) is 0 Å². The molecular formula is C17H11ClFN3O. The standard InChI is InChI=1S/C17H11ClFN3O/c1-23-13-4-2-10-6-11(9-20)17(22-16(10)8-13)21-12-3-5-15(19)14(18)7-12/h2-8H,1H3,(H,21,22). The molecule has 1 aromatic heterocycles. The van der Waals surface area contributed by atoms with Crippen LogP contribution < -0.4 is 10.1 Å². The van der Waals surface area contributed by atoms with E-state index >= 15 is 0 Å². The third kappa shape index (κ3) is 3.03. The van der Waals surface area contributed by atoms with Gasteiger partial charge in [0.2, 0.25) is 0 Å². The van der Waals surface area contributed by atoms with Gasteiger partial charge in [-0.05, 0) is 36.4 Å². The summed E-state index contributed by atoms with van der Waals surface area (Å²) in [5.74, 6) is 0.537. The fourth-order valence-electron chi connectivity index (χ4n) is 2.16.